The maximum Gasteiger partial charge on any atom is 0.240 e. The lowest BCUT2D eigenvalue weighted by Gasteiger charge is -2.12. The summed E-state index contributed by atoms with van der Waals surface area (Å²) in [5, 5.41) is 3.00. The smallest absolute Gasteiger partial charge is 0.240 e. The molecule has 4 rings (SSSR count). The van der Waals surface area contributed by atoms with E-state index in [1.165, 1.54) is 0 Å². The summed E-state index contributed by atoms with van der Waals surface area (Å²) in [7, 11) is 1.64. The van der Waals surface area contributed by atoms with Crippen LogP contribution in [0.2, 0.25) is 0 Å². The molecule has 0 saturated heterocycles. The first-order valence-electron chi connectivity index (χ1n) is 9.56. The van der Waals surface area contributed by atoms with Crippen LogP contribution in [0, 0.1) is 6.92 Å². The van der Waals surface area contributed by atoms with Crippen LogP contribution >= 0.6 is 0 Å². The normalized spacial score (nSPS) is 10.8. The molecule has 146 valence electrons. The highest BCUT2D eigenvalue weighted by atomic mass is 16.5. The van der Waals surface area contributed by atoms with Gasteiger partial charge in [-0.1, -0.05) is 48.5 Å². The molecule has 0 atom stereocenters. The predicted octanol–water partition coefficient (Wildman–Crippen LogP) is 4.34. The van der Waals surface area contributed by atoms with E-state index in [1.807, 2.05) is 71.3 Å². The molecule has 0 aliphatic rings. The van der Waals surface area contributed by atoms with E-state index in [0.29, 0.717) is 6.54 Å². The van der Waals surface area contributed by atoms with Gasteiger partial charge in [-0.2, -0.15) is 0 Å². The summed E-state index contributed by atoms with van der Waals surface area (Å²) in [6.45, 7) is 2.73. The highest BCUT2D eigenvalue weighted by Gasteiger charge is 2.16. The molecule has 0 aliphatic carbocycles. The summed E-state index contributed by atoms with van der Waals surface area (Å²) >= 11 is 0. The minimum Gasteiger partial charge on any atom is -0.497 e. The van der Waals surface area contributed by atoms with Gasteiger partial charge in [0.05, 0.1) is 18.1 Å². The number of rotatable bonds is 6. The molecule has 0 unspecified atom stereocenters. The van der Waals surface area contributed by atoms with Gasteiger partial charge < -0.3 is 14.6 Å². The number of amides is 1. The van der Waals surface area contributed by atoms with Crippen molar-refractivity contribution in [3.8, 4) is 17.1 Å². The van der Waals surface area contributed by atoms with Gasteiger partial charge in [-0.25, -0.2) is 4.98 Å². The summed E-state index contributed by atoms with van der Waals surface area (Å²) in [5.74, 6) is 1.55. The molecule has 1 heterocycles. The van der Waals surface area contributed by atoms with E-state index < -0.39 is 0 Å². The fourth-order valence-electron chi connectivity index (χ4n) is 3.41. The molecule has 1 aromatic heterocycles. The Morgan fingerprint density at radius 3 is 2.48 bits per heavy atom. The fraction of sp³-hybridized carbons (Fsp3) is 0.167. The number of nitrogens with zero attached hydrogens (tertiary/aromatic N) is 2. The van der Waals surface area contributed by atoms with E-state index in [0.717, 1.165) is 39.3 Å². The van der Waals surface area contributed by atoms with Crippen LogP contribution in [0.15, 0.2) is 72.8 Å². The lowest BCUT2D eigenvalue weighted by atomic mass is 10.1. The third-order valence-electron chi connectivity index (χ3n) is 4.99. The second-order valence-electron chi connectivity index (χ2n) is 6.95. The van der Waals surface area contributed by atoms with Crippen molar-refractivity contribution in [2.75, 3.05) is 7.11 Å². The molecule has 1 N–H and O–H groups in total. The average molecular weight is 385 g/mol. The van der Waals surface area contributed by atoms with E-state index in [1.54, 1.807) is 7.11 Å². The number of hydrogen-bond acceptors (Lipinski definition) is 3. The number of methoxy groups -OCH3 is 1. The van der Waals surface area contributed by atoms with E-state index in [9.17, 15) is 4.79 Å². The highest BCUT2D eigenvalue weighted by molar-refractivity contribution is 5.85. The number of aryl methyl sites for hydroxylation is 1. The lowest BCUT2D eigenvalue weighted by Crippen LogP contribution is -2.27. The van der Waals surface area contributed by atoms with Crippen molar-refractivity contribution in [3.63, 3.8) is 0 Å². The van der Waals surface area contributed by atoms with Gasteiger partial charge in [-0.05, 0) is 42.3 Å². The fourth-order valence-corrected chi connectivity index (χ4v) is 3.41. The van der Waals surface area contributed by atoms with Crippen molar-refractivity contribution in [1.29, 1.82) is 0 Å². The zero-order chi connectivity index (χ0) is 20.2. The number of fused-ring (bicyclic) bond motifs is 1. The third kappa shape index (κ3) is 3.99. The number of carbonyl (C=O) groups is 1. The molecule has 5 heteroatoms. The standard InChI is InChI=1S/C24H23N3O2/c1-17-7-3-4-8-20(17)24-26-21-9-5-6-10-22(21)27(24)16-23(28)25-15-18-11-13-19(29-2)14-12-18/h3-14H,15-16H2,1-2H3,(H,25,28). The number of hydrogen-bond donors (Lipinski definition) is 1. The summed E-state index contributed by atoms with van der Waals surface area (Å²) in [6, 6.07) is 23.7. The summed E-state index contributed by atoms with van der Waals surface area (Å²) in [4.78, 5) is 17.5. The summed E-state index contributed by atoms with van der Waals surface area (Å²) in [5.41, 5.74) is 5.02. The van der Waals surface area contributed by atoms with Crippen molar-refractivity contribution >= 4 is 16.9 Å². The molecule has 0 bridgehead atoms. The molecule has 0 aliphatic heterocycles. The maximum atomic E-state index is 12.7. The SMILES string of the molecule is COc1ccc(CNC(=O)Cn2c(-c3ccccc3C)nc3ccccc32)cc1. The van der Waals surface area contributed by atoms with Crippen molar-refractivity contribution in [1.82, 2.24) is 14.9 Å². The molecule has 5 nitrogen and oxygen atoms in total. The van der Waals surface area contributed by atoms with Crippen LogP contribution in [0.1, 0.15) is 11.1 Å². The molecule has 0 fully saturated rings. The van der Waals surface area contributed by atoms with Gasteiger partial charge in [0, 0.05) is 12.1 Å². The topological polar surface area (TPSA) is 56.1 Å². The number of carbonyl (C=O) groups excluding carboxylic acids is 1. The molecule has 0 saturated carbocycles. The Labute approximate surface area is 170 Å². The Morgan fingerprint density at radius 1 is 1.00 bits per heavy atom. The van der Waals surface area contributed by atoms with Gasteiger partial charge in [0.2, 0.25) is 5.91 Å². The third-order valence-corrected chi connectivity index (χ3v) is 4.99. The van der Waals surface area contributed by atoms with E-state index in [-0.39, 0.29) is 12.5 Å². The van der Waals surface area contributed by atoms with E-state index in [2.05, 4.69) is 18.3 Å². The van der Waals surface area contributed by atoms with Crippen LogP contribution in [0.4, 0.5) is 0 Å². The Bertz CT molecular complexity index is 1150. The molecule has 0 radical (unpaired) electrons. The van der Waals surface area contributed by atoms with Gasteiger partial charge in [0.1, 0.15) is 18.1 Å². The number of benzene rings is 3. The van der Waals surface area contributed by atoms with Crippen molar-refractivity contribution in [3.05, 3.63) is 83.9 Å². The first-order chi connectivity index (χ1) is 14.2. The maximum absolute atomic E-state index is 12.7. The van der Waals surface area contributed by atoms with Gasteiger partial charge in [-0.3, -0.25) is 4.79 Å². The number of imidazole rings is 1. The van der Waals surface area contributed by atoms with Crippen LogP contribution < -0.4 is 10.1 Å². The van der Waals surface area contributed by atoms with Crippen LogP contribution in [-0.2, 0) is 17.9 Å². The predicted molar refractivity (Wildman–Crippen MR) is 115 cm³/mol. The van der Waals surface area contributed by atoms with Crippen molar-refractivity contribution < 1.29 is 9.53 Å². The van der Waals surface area contributed by atoms with E-state index >= 15 is 0 Å². The number of aromatic nitrogens is 2. The quantitative estimate of drug-likeness (QED) is 0.537. The Hall–Kier alpha value is -3.60. The van der Waals surface area contributed by atoms with Crippen molar-refractivity contribution in [2.45, 2.75) is 20.0 Å². The van der Waals surface area contributed by atoms with Gasteiger partial charge in [0.25, 0.3) is 0 Å². The zero-order valence-electron chi connectivity index (χ0n) is 16.6. The lowest BCUT2D eigenvalue weighted by molar-refractivity contribution is -0.121. The van der Waals surface area contributed by atoms with Crippen LogP contribution in [0.25, 0.3) is 22.4 Å². The molecule has 1 amide bonds. The number of ether oxygens (including phenoxy) is 1. The second-order valence-corrected chi connectivity index (χ2v) is 6.95. The second kappa shape index (κ2) is 8.19. The molecule has 4 aromatic rings. The molecular weight excluding hydrogens is 362 g/mol. The minimum atomic E-state index is -0.0567. The van der Waals surface area contributed by atoms with E-state index in [4.69, 9.17) is 9.72 Å². The molecule has 0 spiro atoms. The zero-order valence-corrected chi connectivity index (χ0v) is 16.6. The van der Waals surface area contributed by atoms with Crippen LogP contribution in [-0.4, -0.2) is 22.6 Å². The summed E-state index contributed by atoms with van der Waals surface area (Å²) < 4.78 is 7.16. The van der Waals surface area contributed by atoms with Gasteiger partial charge in [0.15, 0.2) is 0 Å². The van der Waals surface area contributed by atoms with Crippen molar-refractivity contribution in [2.24, 2.45) is 0 Å². The highest BCUT2D eigenvalue weighted by Crippen LogP contribution is 2.27. The largest absolute Gasteiger partial charge is 0.497 e. The number of nitrogens with one attached hydrogen (secondary N) is 1. The first kappa shape index (κ1) is 18.7. The first-order valence-corrected chi connectivity index (χ1v) is 9.56. The average Bonchev–Trinajstić information content (AvgIpc) is 3.11. The minimum absolute atomic E-state index is 0.0567. The van der Waals surface area contributed by atoms with Crippen LogP contribution in [0.3, 0.4) is 0 Å². The molecule has 29 heavy (non-hydrogen) atoms. The van der Waals surface area contributed by atoms with Gasteiger partial charge in [-0.15, -0.1) is 0 Å². The Balaban J connectivity index is 1.58. The summed E-state index contributed by atoms with van der Waals surface area (Å²) in [6.07, 6.45) is 0. The monoisotopic (exact) mass is 385 g/mol. The molecular formula is C24H23N3O2. The molecule has 3 aromatic carbocycles. The Morgan fingerprint density at radius 2 is 1.72 bits per heavy atom. The Kier molecular flexibility index (Phi) is 5.29. The van der Waals surface area contributed by atoms with Crippen LogP contribution in [0.5, 0.6) is 5.75 Å². The van der Waals surface area contributed by atoms with Gasteiger partial charge >= 0.3 is 0 Å². The number of para-hydroxylation sites is 2.